The molecule has 0 aromatic heterocycles. The lowest BCUT2D eigenvalue weighted by Crippen LogP contribution is -2.39. The highest BCUT2D eigenvalue weighted by molar-refractivity contribution is 5.85. The Balaban J connectivity index is 0.00000225. The Bertz CT molecular complexity index is 641. The third kappa shape index (κ3) is 5.32. The van der Waals surface area contributed by atoms with Crippen LogP contribution in [-0.2, 0) is 11.2 Å². The minimum Gasteiger partial charge on any atom is -0.341 e. The molecule has 1 aliphatic rings. The van der Waals surface area contributed by atoms with Gasteiger partial charge in [-0.2, -0.15) is 0 Å². The van der Waals surface area contributed by atoms with Crippen LogP contribution in [0, 0.1) is 0 Å². The lowest BCUT2D eigenvalue weighted by atomic mass is 9.88. The van der Waals surface area contributed by atoms with Gasteiger partial charge in [-0.05, 0) is 36.4 Å². The Labute approximate surface area is 156 Å². The standard InChI is InChI=1S/C21H26N2O.ClH/c1-23(20-12-13-22-16-20)21(24)15-19(18-10-6-3-7-11-18)14-17-8-4-2-5-9-17;/h2-11,19-20,22H,12-16H2,1H3;1H. The van der Waals surface area contributed by atoms with Gasteiger partial charge in [-0.25, -0.2) is 0 Å². The summed E-state index contributed by atoms with van der Waals surface area (Å²) in [6.07, 6.45) is 2.51. The Hall–Kier alpha value is -1.84. The molecule has 0 bridgehead atoms. The van der Waals surface area contributed by atoms with E-state index in [9.17, 15) is 4.79 Å². The highest BCUT2D eigenvalue weighted by Crippen LogP contribution is 2.25. The minimum atomic E-state index is 0. The van der Waals surface area contributed by atoms with Gasteiger partial charge in [0.25, 0.3) is 0 Å². The quantitative estimate of drug-likeness (QED) is 0.854. The SMILES string of the molecule is CN(C(=O)CC(Cc1ccccc1)c1ccccc1)C1CCNC1.Cl. The molecule has 1 heterocycles. The zero-order valence-corrected chi connectivity index (χ0v) is 15.5. The molecule has 1 aliphatic heterocycles. The number of hydrogen-bond acceptors (Lipinski definition) is 2. The van der Waals surface area contributed by atoms with Crippen molar-refractivity contribution in [3.63, 3.8) is 0 Å². The summed E-state index contributed by atoms with van der Waals surface area (Å²) < 4.78 is 0. The molecule has 0 spiro atoms. The van der Waals surface area contributed by atoms with Crippen LogP contribution in [0.5, 0.6) is 0 Å². The zero-order valence-electron chi connectivity index (χ0n) is 14.7. The van der Waals surface area contributed by atoms with Crippen molar-refractivity contribution in [1.82, 2.24) is 10.2 Å². The molecule has 1 amide bonds. The Morgan fingerprint density at radius 3 is 2.36 bits per heavy atom. The molecular weight excluding hydrogens is 332 g/mol. The predicted molar refractivity (Wildman–Crippen MR) is 105 cm³/mol. The summed E-state index contributed by atoms with van der Waals surface area (Å²) in [5, 5.41) is 3.34. The van der Waals surface area contributed by atoms with E-state index in [1.165, 1.54) is 11.1 Å². The first-order chi connectivity index (χ1) is 11.7. The molecule has 1 fully saturated rings. The third-order valence-corrected chi connectivity index (χ3v) is 4.99. The van der Waals surface area contributed by atoms with Crippen LogP contribution in [-0.4, -0.2) is 37.0 Å². The van der Waals surface area contributed by atoms with Crippen molar-refractivity contribution in [2.45, 2.75) is 31.2 Å². The van der Waals surface area contributed by atoms with Crippen molar-refractivity contribution in [3.8, 4) is 0 Å². The van der Waals surface area contributed by atoms with Gasteiger partial charge >= 0.3 is 0 Å². The van der Waals surface area contributed by atoms with Crippen LogP contribution in [0.2, 0.25) is 0 Å². The summed E-state index contributed by atoms with van der Waals surface area (Å²) >= 11 is 0. The maximum Gasteiger partial charge on any atom is 0.223 e. The van der Waals surface area contributed by atoms with E-state index in [1.54, 1.807) is 0 Å². The number of benzene rings is 2. The third-order valence-electron chi connectivity index (χ3n) is 4.99. The van der Waals surface area contributed by atoms with Gasteiger partial charge in [0.2, 0.25) is 5.91 Å². The molecule has 3 nitrogen and oxygen atoms in total. The van der Waals surface area contributed by atoms with Crippen molar-refractivity contribution in [1.29, 1.82) is 0 Å². The molecule has 2 aromatic rings. The van der Waals surface area contributed by atoms with E-state index in [0.29, 0.717) is 12.5 Å². The molecule has 3 rings (SSSR count). The lowest BCUT2D eigenvalue weighted by molar-refractivity contribution is -0.132. The molecule has 2 unspecified atom stereocenters. The van der Waals surface area contributed by atoms with Crippen LogP contribution < -0.4 is 5.32 Å². The maximum atomic E-state index is 12.8. The average Bonchev–Trinajstić information content (AvgIpc) is 3.16. The Morgan fingerprint density at radius 1 is 1.12 bits per heavy atom. The summed E-state index contributed by atoms with van der Waals surface area (Å²) in [6, 6.07) is 21.2. The van der Waals surface area contributed by atoms with E-state index in [0.717, 1.165) is 25.9 Å². The number of halogens is 1. The monoisotopic (exact) mass is 358 g/mol. The van der Waals surface area contributed by atoms with Crippen LogP contribution >= 0.6 is 12.4 Å². The van der Waals surface area contributed by atoms with E-state index in [4.69, 9.17) is 0 Å². The van der Waals surface area contributed by atoms with Gasteiger partial charge in [0, 0.05) is 26.1 Å². The lowest BCUT2D eigenvalue weighted by Gasteiger charge is -2.26. The fourth-order valence-electron chi connectivity index (χ4n) is 3.46. The van der Waals surface area contributed by atoms with Crippen molar-refractivity contribution in [3.05, 3.63) is 71.8 Å². The van der Waals surface area contributed by atoms with Gasteiger partial charge in [0.15, 0.2) is 0 Å². The highest BCUT2D eigenvalue weighted by atomic mass is 35.5. The topological polar surface area (TPSA) is 32.3 Å². The number of carbonyl (C=O) groups is 1. The number of carbonyl (C=O) groups excluding carboxylic acids is 1. The number of likely N-dealkylation sites (N-methyl/N-ethyl adjacent to an activating group) is 1. The molecule has 134 valence electrons. The molecule has 2 aromatic carbocycles. The van der Waals surface area contributed by atoms with Gasteiger partial charge in [-0.3, -0.25) is 4.79 Å². The Kier molecular flexibility index (Phi) is 7.48. The van der Waals surface area contributed by atoms with Crippen molar-refractivity contribution in [2.75, 3.05) is 20.1 Å². The fraction of sp³-hybridized carbons (Fsp3) is 0.381. The number of nitrogens with zero attached hydrogens (tertiary/aromatic N) is 1. The fourth-order valence-corrected chi connectivity index (χ4v) is 3.46. The second-order valence-electron chi connectivity index (χ2n) is 6.65. The molecule has 4 heteroatoms. The summed E-state index contributed by atoms with van der Waals surface area (Å²) in [5.41, 5.74) is 2.52. The van der Waals surface area contributed by atoms with Crippen LogP contribution in [0.3, 0.4) is 0 Å². The highest BCUT2D eigenvalue weighted by Gasteiger charge is 2.25. The Morgan fingerprint density at radius 2 is 1.76 bits per heavy atom. The van der Waals surface area contributed by atoms with Crippen molar-refractivity contribution < 1.29 is 4.79 Å². The number of nitrogens with one attached hydrogen (secondary N) is 1. The minimum absolute atomic E-state index is 0. The van der Waals surface area contributed by atoms with Gasteiger partial charge in [0.05, 0.1) is 0 Å². The summed E-state index contributed by atoms with van der Waals surface area (Å²) in [7, 11) is 1.95. The van der Waals surface area contributed by atoms with Gasteiger partial charge < -0.3 is 10.2 Å². The predicted octanol–water partition coefficient (Wildman–Crippen LogP) is 3.65. The first-order valence-electron chi connectivity index (χ1n) is 8.79. The van der Waals surface area contributed by atoms with Gasteiger partial charge in [-0.1, -0.05) is 60.7 Å². The van der Waals surface area contributed by atoms with Gasteiger partial charge in [-0.15, -0.1) is 12.4 Å². The second-order valence-corrected chi connectivity index (χ2v) is 6.65. The largest absolute Gasteiger partial charge is 0.341 e. The van der Waals surface area contributed by atoms with Crippen molar-refractivity contribution >= 4 is 18.3 Å². The molecule has 0 aliphatic carbocycles. The van der Waals surface area contributed by atoms with Crippen LogP contribution in [0.4, 0.5) is 0 Å². The van der Waals surface area contributed by atoms with E-state index in [-0.39, 0.29) is 24.2 Å². The first-order valence-corrected chi connectivity index (χ1v) is 8.79. The summed E-state index contributed by atoms with van der Waals surface area (Å²) in [5.74, 6) is 0.464. The maximum absolute atomic E-state index is 12.8. The normalized spacial score (nSPS) is 17.6. The molecule has 0 saturated carbocycles. The second kappa shape index (κ2) is 9.59. The van der Waals surface area contributed by atoms with E-state index in [2.05, 4.69) is 53.8 Å². The van der Waals surface area contributed by atoms with Gasteiger partial charge in [0.1, 0.15) is 0 Å². The van der Waals surface area contributed by atoms with E-state index >= 15 is 0 Å². The molecule has 1 N–H and O–H groups in total. The zero-order chi connectivity index (χ0) is 16.8. The van der Waals surface area contributed by atoms with E-state index < -0.39 is 0 Å². The van der Waals surface area contributed by atoms with Crippen molar-refractivity contribution in [2.24, 2.45) is 0 Å². The smallest absolute Gasteiger partial charge is 0.223 e. The average molecular weight is 359 g/mol. The molecule has 0 radical (unpaired) electrons. The summed E-state index contributed by atoms with van der Waals surface area (Å²) in [6.45, 7) is 1.92. The number of hydrogen-bond donors (Lipinski definition) is 1. The molecule has 25 heavy (non-hydrogen) atoms. The van der Waals surface area contributed by atoms with Crippen LogP contribution in [0.25, 0.3) is 0 Å². The summed E-state index contributed by atoms with van der Waals surface area (Å²) in [4.78, 5) is 14.7. The molecular formula is C21H27ClN2O. The number of amides is 1. The molecule has 1 saturated heterocycles. The van der Waals surface area contributed by atoms with E-state index in [1.807, 2.05) is 24.1 Å². The number of rotatable bonds is 6. The van der Waals surface area contributed by atoms with Crippen LogP contribution in [0.15, 0.2) is 60.7 Å². The first kappa shape index (κ1) is 19.5. The van der Waals surface area contributed by atoms with Crippen LogP contribution in [0.1, 0.15) is 29.9 Å². The molecule has 2 atom stereocenters.